The lowest BCUT2D eigenvalue weighted by Gasteiger charge is -2.11. The predicted octanol–water partition coefficient (Wildman–Crippen LogP) is 5.87. The lowest BCUT2D eigenvalue weighted by molar-refractivity contribution is -0.137. The largest absolute Gasteiger partial charge is 0.416 e. The molecule has 1 aliphatic rings. The average Bonchev–Trinajstić information content (AvgIpc) is 3.27. The molecule has 0 bridgehead atoms. The van der Waals surface area contributed by atoms with E-state index in [0.29, 0.717) is 18.3 Å². The van der Waals surface area contributed by atoms with Crippen molar-refractivity contribution in [3.63, 3.8) is 0 Å². The van der Waals surface area contributed by atoms with Crippen molar-refractivity contribution in [2.45, 2.75) is 25.6 Å². The number of rotatable bonds is 2. The van der Waals surface area contributed by atoms with Gasteiger partial charge in [-0.15, -0.1) is 0 Å². The van der Waals surface area contributed by atoms with Crippen LogP contribution in [-0.2, 0) is 19.1 Å². The minimum absolute atomic E-state index is 0.120. The molecule has 0 saturated carbocycles. The van der Waals surface area contributed by atoms with Gasteiger partial charge in [0.25, 0.3) is 0 Å². The summed E-state index contributed by atoms with van der Waals surface area (Å²) in [5, 5.41) is 5.45. The van der Waals surface area contributed by atoms with Crippen LogP contribution in [0.2, 0.25) is 0 Å². The number of aryl methyl sites for hydroxylation is 1. The fourth-order valence-electron chi connectivity index (χ4n) is 4.02. The Balaban J connectivity index is 1.80. The van der Waals surface area contributed by atoms with Gasteiger partial charge in [-0.2, -0.15) is 18.3 Å². The van der Waals surface area contributed by atoms with Gasteiger partial charge in [-0.1, -0.05) is 18.2 Å². The van der Waals surface area contributed by atoms with E-state index in [1.54, 1.807) is 6.20 Å². The first-order valence-corrected chi connectivity index (χ1v) is 9.24. The fraction of sp³-hybridized carbons (Fsp3) is 0.182. The van der Waals surface area contributed by atoms with E-state index in [4.69, 9.17) is 0 Å². The van der Waals surface area contributed by atoms with Crippen LogP contribution in [0.4, 0.5) is 17.6 Å². The topological polar surface area (TPSA) is 30.7 Å². The minimum Gasteiger partial charge on any atom is -0.268 e. The summed E-state index contributed by atoms with van der Waals surface area (Å²) in [7, 11) is 0. The smallest absolute Gasteiger partial charge is 0.268 e. The van der Waals surface area contributed by atoms with Gasteiger partial charge in [0.2, 0.25) is 0 Å². The van der Waals surface area contributed by atoms with Crippen LogP contribution in [0, 0.1) is 5.82 Å². The molecule has 29 heavy (non-hydrogen) atoms. The first kappa shape index (κ1) is 17.8. The summed E-state index contributed by atoms with van der Waals surface area (Å²) in [5.41, 5.74) is 2.78. The molecule has 7 heteroatoms. The van der Waals surface area contributed by atoms with E-state index in [9.17, 15) is 17.6 Å². The maximum absolute atomic E-state index is 14.1. The van der Waals surface area contributed by atoms with E-state index >= 15 is 0 Å². The van der Waals surface area contributed by atoms with Crippen LogP contribution in [0.15, 0.2) is 54.7 Å². The van der Waals surface area contributed by atoms with E-state index in [1.807, 2.05) is 35.0 Å². The van der Waals surface area contributed by atoms with Gasteiger partial charge in [0, 0.05) is 34.9 Å². The Kier molecular flexibility index (Phi) is 3.94. The van der Waals surface area contributed by atoms with Crippen molar-refractivity contribution >= 4 is 10.9 Å². The Morgan fingerprint density at radius 2 is 1.83 bits per heavy atom. The first-order chi connectivity index (χ1) is 13.9. The van der Waals surface area contributed by atoms with Crippen molar-refractivity contribution in [3.8, 4) is 22.4 Å². The van der Waals surface area contributed by atoms with E-state index < -0.39 is 17.6 Å². The van der Waals surface area contributed by atoms with Gasteiger partial charge >= 0.3 is 6.18 Å². The van der Waals surface area contributed by atoms with E-state index in [0.717, 1.165) is 52.7 Å². The number of benzene rings is 2. The third-order valence-corrected chi connectivity index (χ3v) is 5.26. The number of halogens is 4. The minimum atomic E-state index is -4.64. The molecule has 4 aromatic rings. The molecule has 0 radical (unpaired) electrons. The Hall–Kier alpha value is -3.22. The van der Waals surface area contributed by atoms with Gasteiger partial charge in [-0.3, -0.25) is 9.67 Å². The van der Waals surface area contributed by atoms with Crippen molar-refractivity contribution in [3.05, 3.63) is 71.8 Å². The Morgan fingerprint density at radius 3 is 2.66 bits per heavy atom. The molecule has 2 aromatic carbocycles. The second-order valence-corrected chi connectivity index (χ2v) is 7.10. The van der Waals surface area contributed by atoms with Crippen LogP contribution in [0.5, 0.6) is 0 Å². The summed E-state index contributed by atoms with van der Waals surface area (Å²) in [6.07, 6.45) is -1.29. The van der Waals surface area contributed by atoms with Gasteiger partial charge in [-0.05, 0) is 48.7 Å². The highest BCUT2D eigenvalue weighted by atomic mass is 19.4. The molecule has 0 unspecified atom stereocenters. The molecule has 146 valence electrons. The summed E-state index contributed by atoms with van der Waals surface area (Å²) < 4.78 is 55.7. The fourth-order valence-corrected chi connectivity index (χ4v) is 4.02. The number of nitrogens with zero attached hydrogens (tertiary/aromatic N) is 3. The third kappa shape index (κ3) is 2.97. The standard InChI is InChI=1S/C22H15F4N3/c23-15-11-13(10-14(12-15)22(24,25)26)21-20(19-6-3-9-29(19)28-21)17-7-8-27-18-5-2-1-4-16(17)18/h1-2,4-5,7-8,10-12H,3,6,9H2. The summed E-state index contributed by atoms with van der Waals surface area (Å²) in [6, 6.07) is 12.0. The molecule has 0 saturated heterocycles. The second kappa shape index (κ2) is 6.40. The van der Waals surface area contributed by atoms with Crippen LogP contribution in [0.25, 0.3) is 33.3 Å². The molecule has 2 aromatic heterocycles. The number of hydrogen-bond acceptors (Lipinski definition) is 2. The Labute approximate surface area is 163 Å². The highest BCUT2D eigenvalue weighted by molar-refractivity contribution is 5.99. The molecule has 0 fully saturated rings. The summed E-state index contributed by atoms with van der Waals surface area (Å²) in [5.74, 6) is -0.937. The Bertz CT molecular complexity index is 1240. The maximum atomic E-state index is 14.1. The molecule has 1 aliphatic heterocycles. The van der Waals surface area contributed by atoms with Gasteiger partial charge in [0.05, 0.1) is 11.1 Å². The Morgan fingerprint density at radius 1 is 1.00 bits per heavy atom. The SMILES string of the molecule is Fc1cc(-c2nn3c(c2-c2ccnc4ccccc24)CCC3)cc(C(F)(F)F)c1. The number of pyridine rings is 1. The molecule has 0 aliphatic carbocycles. The van der Waals surface area contributed by atoms with Crippen LogP contribution in [0.1, 0.15) is 17.7 Å². The molecular weight excluding hydrogens is 382 g/mol. The summed E-state index contributed by atoms with van der Waals surface area (Å²) >= 11 is 0. The van der Waals surface area contributed by atoms with Crippen LogP contribution >= 0.6 is 0 Å². The van der Waals surface area contributed by atoms with E-state index in [1.165, 1.54) is 0 Å². The molecule has 0 N–H and O–H groups in total. The summed E-state index contributed by atoms with van der Waals surface area (Å²) in [6.45, 7) is 0.687. The van der Waals surface area contributed by atoms with Gasteiger partial charge in [0.1, 0.15) is 11.5 Å². The summed E-state index contributed by atoms with van der Waals surface area (Å²) in [4.78, 5) is 4.37. The highest BCUT2D eigenvalue weighted by Crippen LogP contribution is 2.41. The lowest BCUT2D eigenvalue weighted by Crippen LogP contribution is -2.06. The van der Waals surface area contributed by atoms with Gasteiger partial charge in [-0.25, -0.2) is 4.39 Å². The lowest BCUT2D eigenvalue weighted by atomic mass is 9.94. The number of para-hydroxylation sites is 1. The highest BCUT2D eigenvalue weighted by Gasteiger charge is 2.33. The molecule has 0 spiro atoms. The second-order valence-electron chi connectivity index (χ2n) is 7.10. The van der Waals surface area contributed by atoms with E-state index in [-0.39, 0.29) is 5.56 Å². The maximum Gasteiger partial charge on any atom is 0.416 e. The third-order valence-electron chi connectivity index (χ3n) is 5.26. The van der Waals surface area contributed by atoms with E-state index in [2.05, 4.69) is 10.1 Å². The normalized spacial score (nSPS) is 13.8. The monoisotopic (exact) mass is 397 g/mol. The zero-order chi connectivity index (χ0) is 20.2. The molecule has 0 amide bonds. The predicted molar refractivity (Wildman–Crippen MR) is 102 cm³/mol. The quantitative estimate of drug-likeness (QED) is 0.396. The van der Waals surface area contributed by atoms with Gasteiger partial charge < -0.3 is 0 Å². The number of aromatic nitrogens is 3. The van der Waals surface area contributed by atoms with Crippen molar-refractivity contribution in [2.75, 3.05) is 0 Å². The van der Waals surface area contributed by atoms with Crippen molar-refractivity contribution in [1.82, 2.24) is 14.8 Å². The zero-order valence-electron chi connectivity index (χ0n) is 15.2. The number of hydrogen-bond donors (Lipinski definition) is 0. The van der Waals surface area contributed by atoms with Crippen LogP contribution < -0.4 is 0 Å². The first-order valence-electron chi connectivity index (χ1n) is 9.24. The number of fused-ring (bicyclic) bond motifs is 2. The molecular formula is C22H15F4N3. The van der Waals surface area contributed by atoms with Crippen LogP contribution in [-0.4, -0.2) is 14.8 Å². The van der Waals surface area contributed by atoms with Crippen molar-refractivity contribution in [2.24, 2.45) is 0 Å². The van der Waals surface area contributed by atoms with Crippen LogP contribution in [0.3, 0.4) is 0 Å². The zero-order valence-corrected chi connectivity index (χ0v) is 15.2. The van der Waals surface area contributed by atoms with Gasteiger partial charge in [0.15, 0.2) is 0 Å². The number of alkyl halides is 3. The molecule has 3 nitrogen and oxygen atoms in total. The average molecular weight is 397 g/mol. The molecule has 5 rings (SSSR count). The molecule has 0 atom stereocenters. The van der Waals surface area contributed by atoms with Crippen molar-refractivity contribution < 1.29 is 17.6 Å². The van der Waals surface area contributed by atoms with Crippen molar-refractivity contribution in [1.29, 1.82) is 0 Å². The molecule has 3 heterocycles.